The predicted octanol–water partition coefficient (Wildman–Crippen LogP) is -1.22. The number of esters is 1. The van der Waals surface area contributed by atoms with E-state index in [0.29, 0.717) is 11.5 Å². The number of hydrogen-bond donors (Lipinski definition) is 1. The Balaban J connectivity index is 2.08. The second-order valence-corrected chi connectivity index (χ2v) is 3.49. The molecule has 0 unspecified atom stereocenters. The number of aromatic amines is 1. The Morgan fingerprint density at radius 1 is 1.37 bits per heavy atom. The van der Waals surface area contributed by atoms with Gasteiger partial charge >= 0.3 is 11.7 Å². The molecule has 0 spiro atoms. The van der Waals surface area contributed by atoms with E-state index in [4.69, 9.17) is 0 Å². The third-order valence-corrected chi connectivity index (χ3v) is 2.35. The van der Waals surface area contributed by atoms with Crippen LogP contribution in [0.5, 0.6) is 0 Å². The minimum absolute atomic E-state index is 0.0936. The van der Waals surface area contributed by atoms with E-state index in [0.717, 1.165) is 4.52 Å². The molecule has 0 aliphatic rings. The van der Waals surface area contributed by atoms with Crippen LogP contribution in [0.1, 0.15) is 10.6 Å². The Morgan fingerprint density at radius 3 is 3.00 bits per heavy atom. The Labute approximate surface area is 104 Å². The highest BCUT2D eigenvalue weighted by molar-refractivity contribution is 5.84. The van der Waals surface area contributed by atoms with Crippen molar-refractivity contribution in [1.29, 1.82) is 0 Å². The molecule has 0 atom stereocenters. The zero-order valence-electron chi connectivity index (χ0n) is 9.64. The first-order chi connectivity index (χ1) is 9.19. The first kappa shape index (κ1) is 11.1. The third-order valence-electron chi connectivity index (χ3n) is 2.35. The van der Waals surface area contributed by atoms with E-state index >= 15 is 0 Å². The summed E-state index contributed by atoms with van der Waals surface area (Å²) in [5.74, 6) is -0.428. The molecule has 3 rings (SSSR count). The van der Waals surface area contributed by atoms with Crippen molar-refractivity contribution in [1.82, 2.24) is 34.6 Å². The fourth-order valence-corrected chi connectivity index (χ4v) is 1.47. The first-order valence-electron chi connectivity index (χ1n) is 5.14. The van der Waals surface area contributed by atoms with Crippen LogP contribution in [0.4, 0.5) is 0 Å². The molecule has 3 heterocycles. The number of aromatic nitrogens is 7. The highest BCUT2D eigenvalue weighted by atomic mass is 16.5. The molecule has 0 amide bonds. The minimum atomic E-state index is -0.652. The topological polar surface area (TPSA) is 120 Å². The molecule has 0 saturated carbocycles. The molecular weight excluding hydrogens is 254 g/mol. The van der Waals surface area contributed by atoms with Gasteiger partial charge < -0.3 is 4.74 Å². The van der Waals surface area contributed by atoms with Crippen molar-refractivity contribution in [3.05, 3.63) is 34.8 Å². The zero-order chi connectivity index (χ0) is 13.4. The van der Waals surface area contributed by atoms with E-state index in [-0.39, 0.29) is 5.82 Å². The Bertz CT molecular complexity index is 814. The van der Waals surface area contributed by atoms with Crippen LogP contribution in [-0.4, -0.2) is 47.7 Å². The van der Waals surface area contributed by atoms with Crippen LogP contribution in [0.25, 0.3) is 11.5 Å². The maximum absolute atomic E-state index is 11.4. The van der Waals surface area contributed by atoms with Crippen molar-refractivity contribution in [2.45, 2.75) is 0 Å². The molecule has 1 N–H and O–H groups in total. The number of hydrogen-bond acceptors (Lipinski definition) is 7. The van der Waals surface area contributed by atoms with Crippen LogP contribution in [0.3, 0.4) is 0 Å². The lowest BCUT2D eigenvalue weighted by atomic mass is 10.5. The fraction of sp³-hybridized carbons (Fsp3) is 0.111. The van der Waals surface area contributed by atoms with Gasteiger partial charge in [-0.1, -0.05) is 0 Å². The lowest BCUT2D eigenvalue weighted by Crippen LogP contribution is -2.14. The predicted molar refractivity (Wildman–Crippen MR) is 59.9 cm³/mol. The smallest absolute Gasteiger partial charge is 0.377 e. The molecule has 0 aliphatic carbocycles. The van der Waals surface area contributed by atoms with E-state index in [1.54, 1.807) is 12.1 Å². The van der Waals surface area contributed by atoms with Gasteiger partial charge in [-0.15, -0.1) is 10.2 Å². The monoisotopic (exact) mass is 261 g/mol. The van der Waals surface area contributed by atoms with Gasteiger partial charge in [0.2, 0.25) is 0 Å². The van der Waals surface area contributed by atoms with Gasteiger partial charge in [-0.05, 0) is 12.1 Å². The van der Waals surface area contributed by atoms with Crippen molar-refractivity contribution >= 4 is 11.6 Å². The van der Waals surface area contributed by atoms with Crippen LogP contribution < -0.4 is 5.69 Å². The van der Waals surface area contributed by atoms with Crippen molar-refractivity contribution in [2.24, 2.45) is 0 Å². The molecular formula is C9H7N7O3. The van der Waals surface area contributed by atoms with E-state index in [9.17, 15) is 9.59 Å². The zero-order valence-corrected chi connectivity index (χ0v) is 9.64. The van der Waals surface area contributed by atoms with Gasteiger partial charge in [-0.25, -0.2) is 24.4 Å². The summed E-state index contributed by atoms with van der Waals surface area (Å²) in [4.78, 5) is 26.4. The number of carbonyl (C=O) groups excluding carboxylic acids is 1. The molecule has 3 aromatic heterocycles. The summed E-state index contributed by atoms with van der Waals surface area (Å²) in [5.41, 5.74) is -0.0905. The first-order valence-corrected chi connectivity index (χ1v) is 5.14. The average molecular weight is 261 g/mol. The van der Waals surface area contributed by atoms with Gasteiger partial charge in [0.15, 0.2) is 11.5 Å². The third kappa shape index (κ3) is 1.74. The van der Waals surface area contributed by atoms with E-state index in [2.05, 4.69) is 30.1 Å². The van der Waals surface area contributed by atoms with Gasteiger partial charge in [0.1, 0.15) is 6.33 Å². The number of ether oxygens (including phenoxy) is 1. The summed E-state index contributed by atoms with van der Waals surface area (Å²) >= 11 is 0. The molecule has 19 heavy (non-hydrogen) atoms. The van der Waals surface area contributed by atoms with Crippen molar-refractivity contribution < 1.29 is 9.53 Å². The minimum Gasteiger partial charge on any atom is -0.463 e. The molecule has 0 bridgehead atoms. The van der Waals surface area contributed by atoms with Gasteiger partial charge in [-0.3, -0.25) is 0 Å². The normalized spacial score (nSPS) is 10.8. The second kappa shape index (κ2) is 4.01. The van der Waals surface area contributed by atoms with Crippen molar-refractivity contribution in [2.75, 3.05) is 7.11 Å². The van der Waals surface area contributed by atoms with Crippen molar-refractivity contribution in [3.63, 3.8) is 0 Å². The summed E-state index contributed by atoms with van der Waals surface area (Å²) in [6, 6.07) is 3.17. The summed E-state index contributed by atoms with van der Waals surface area (Å²) in [6.45, 7) is 0. The summed E-state index contributed by atoms with van der Waals surface area (Å²) in [7, 11) is 1.23. The molecule has 10 heteroatoms. The van der Waals surface area contributed by atoms with Gasteiger partial charge in [0.25, 0.3) is 5.82 Å². The lowest BCUT2D eigenvalue weighted by molar-refractivity contribution is 0.0587. The van der Waals surface area contributed by atoms with E-state index < -0.39 is 11.7 Å². The largest absolute Gasteiger partial charge is 0.463 e. The summed E-state index contributed by atoms with van der Waals surface area (Å²) < 4.78 is 6.83. The summed E-state index contributed by atoms with van der Waals surface area (Å²) in [6.07, 6.45) is 1.30. The lowest BCUT2D eigenvalue weighted by Gasteiger charge is -1.98. The average Bonchev–Trinajstić information content (AvgIpc) is 3.05. The quantitative estimate of drug-likeness (QED) is 0.574. The SMILES string of the molecule is COC(=O)c1ncn(-c2ccc3n[nH]c(=O)n3n2)n1. The number of methoxy groups -OCH3 is 1. The fourth-order valence-electron chi connectivity index (χ4n) is 1.47. The standard InChI is InChI=1S/C9H7N7O3/c1-19-8(17)7-10-4-15(14-7)6-3-2-5-11-12-9(18)16(5)13-6/h2-4H,1H3,(H,12,18). The van der Waals surface area contributed by atoms with Crippen molar-refractivity contribution in [3.8, 4) is 5.82 Å². The molecule has 0 aromatic carbocycles. The van der Waals surface area contributed by atoms with Gasteiger partial charge in [0, 0.05) is 0 Å². The number of nitrogens with zero attached hydrogens (tertiary/aromatic N) is 6. The number of rotatable bonds is 2. The molecule has 96 valence electrons. The highest BCUT2D eigenvalue weighted by Gasteiger charge is 2.13. The number of H-pyrrole nitrogens is 1. The van der Waals surface area contributed by atoms with E-state index in [1.165, 1.54) is 18.1 Å². The van der Waals surface area contributed by atoms with Crippen LogP contribution in [-0.2, 0) is 4.74 Å². The van der Waals surface area contributed by atoms with Crippen LogP contribution in [0.2, 0.25) is 0 Å². The Morgan fingerprint density at radius 2 is 2.21 bits per heavy atom. The maximum atomic E-state index is 11.4. The molecule has 3 aromatic rings. The molecule has 0 fully saturated rings. The molecule has 0 saturated heterocycles. The maximum Gasteiger partial charge on any atom is 0.377 e. The Hall–Kier alpha value is -3.04. The molecule has 0 radical (unpaired) electrons. The number of nitrogens with one attached hydrogen (secondary N) is 1. The van der Waals surface area contributed by atoms with Gasteiger partial charge in [-0.2, -0.15) is 9.61 Å². The molecule has 0 aliphatic heterocycles. The Kier molecular flexibility index (Phi) is 2.34. The van der Waals surface area contributed by atoms with Crippen LogP contribution >= 0.6 is 0 Å². The van der Waals surface area contributed by atoms with Crippen LogP contribution in [0, 0.1) is 0 Å². The van der Waals surface area contributed by atoms with Gasteiger partial charge in [0.05, 0.1) is 7.11 Å². The molecule has 10 nitrogen and oxygen atoms in total. The second-order valence-electron chi connectivity index (χ2n) is 3.49. The van der Waals surface area contributed by atoms with Crippen LogP contribution in [0.15, 0.2) is 23.3 Å². The van der Waals surface area contributed by atoms with E-state index in [1.807, 2.05) is 0 Å². The summed E-state index contributed by atoms with van der Waals surface area (Å²) in [5, 5.41) is 13.9. The number of fused-ring (bicyclic) bond motifs is 1. The highest BCUT2D eigenvalue weighted by Crippen LogP contribution is 2.03. The number of carbonyl (C=O) groups is 1.